The molecule has 1 unspecified atom stereocenters. The van der Waals surface area contributed by atoms with E-state index in [2.05, 4.69) is 0 Å². The van der Waals surface area contributed by atoms with Gasteiger partial charge in [0.2, 0.25) is 0 Å². The van der Waals surface area contributed by atoms with Crippen LogP contribution in [0.3, 0.4) is 0 Å². The monoisotopic (exact) mass is 340 g/mol. The molecule has 2 aliphatic rings. The first kappa shape index (κ1) is 16.4. The Morgan fingerprint density at radius 1 is 1.13 bits per heavy atom. The minimum atomic E-state index is -3.50. The number of hydrogen-bond donors (Lipinski definition) is 1. The van der Waals surface area contributed by atoms with Crippen molar-refractivity contribution in [3.63, 3.8) is 0 Å². The van der Waals surface area contributed by atoms with Crippen molar-refractivity contribution in [3.8, 4) is 0 Å². The van der Waals surface area contributed by atoms with Crippen molar-refractivity contribution in [1.82, 2.24) is 8.61 Å². The van der Waals surface area contributed by atoms with E-state index in [-0.39, 0.29) is 11.5 Å². The third kappa shape index (κ3) is 3.25. The summed E-state index contributed by atoms with van der Waals surface area (Å²) in [7, 11) is -3.50. The second-order valence-electron chi connectivity index (χ2n) is 5.76. The first-order valence-corrected chi connectivity index (χ1v) is 9.05. The van der Waals surface area contributed by atoms with Gasteiger partial charge in [0.25, 0.3) is 10.2 Å². The van der Waals surface area contributed by atoms with Crippen molar-refractivity contribution < 1.29 is 23.1 Å². The Morgan fingerprint density at radius 3 is 2.52 bits per heavy atom. The molecule has 126 valence electrons. The highest BCUT2D eigenvalue weighted by Crippen LogP contribution is 2.32. The van der Waals surface area contributed by atoms with Crippen molar-refractivity contribution in [3.05, 3.63) is 35.4 Å². The average Bonchev–Trinajstić information content (AvgIpc) is 3.06. The van der Waals surface area contributed by atoms with Gasteiger partial charge in [-0.1, -0.05) is 18.2 Å². The van der Waals surface area contributed by atoms with Gasteiger partial charge in [0.1, 0.15) is 0 Å². The van der Waals surface area contributed by atoms with Crippen molar-refractivity contribution in [2.75, 3.05) is 39.4 Å². The molecule has 8 heteroatoms. The summed E-state index contributed by atoms with van der Waals surface area (Å²) < 4.78 is 33.4. The predicted octanol–water partition coefficient (Wildman–Crippen LogP) is 0.751. The third-order valence-corrected chi connectivity index (χ3v) is 6.41. The van der Waals surface area contributed by atoms with E-state index in [9.17, 15) is 18.3 Å². The van der Waals surface area contributed by atoms with Crippen LogP contribution in [-0.2, 0) is 14.9 Å². The lowest BCUT2D eigenvalue weighted by Crippen LogP contribution is -2.47. The van der Waals surface area contributed by atoms with Crippen LogP contribution in [0.1, 0.15) is 28.3 Å². The fraction of sp³-hybridized carbons (Fsp3) is 0.533. The Morgan fingerprint density at radius 2 is 1.83 bits per heavy atom. The van der Waals surface area contributed by atoms with Crippen LogP contribution in [-0.4, -0.2) is 67.5 Å². The highest BCUT2D eigenvalue weighted by Gasteiger charge is 2.37. The fourth-order valence-corrected chi connectivity index (χ4v) is 4.82. The molecule has 0 saturated carbocycles. The number of carbonyl (C=O) groups is 1. The lowest BCUT2D eigenvalue weighted by Gasteiger charge is -2.30. The zero-order chi connectivity index (χ0) is 16.4. The van der Waals surface area contributed by atoms with E-state index >= 15 is 0 Å². The molecule has 0 aromatic heterocycles. The molecule has 0 amide bonds. The maximum absolute atomic E-state index is 12.7. The summed E-state index contributed by atoms with van der Waals surface area (Å²) in [6.07, 6.45) is 0.633. The van der Waals surface area contributed by atoms with Crippen LogP contribution in [0.15, 0.2) is 24.3 Å². The maximum atomic E-state index is 12.7. The van der Waals surface area contributed by atoms with Crippen LogP contribution in [0, 0.1) is 0 Å². The SMILES string of the molecule is O=C(O)c1ccccc1C1CCN(S(=O)(=O)N2CCOCC2)C1. The number of rotatable bonds is 4. The van der Waals surface area contributed by atoms with E-state index in [4.69, 9.17) is 4.74 Å². The van der Waals surface area contributed by atoms with E-state index in [1.807, 2.05) is 0 Å². The number of ether oxygens (including phenoxy) is 1. The van der Waals surface area contributed by atoms with Crippen molar-refractivity contribution in [1.29, 1.82) is 0 Å². The Balaban J connectivity index is 1.77. The number of carboxylic acids is 1. The van der Waals surface area contributed by atoms with E-state index in [1.54, 1.807) is 24.3 Å². The Kier molecular flexibility index (Phi) is 4.67. The molecule has 1 atom stereocenters. The zero-order valence-electron chi connectivity index (χ0n) is 12.7. The van der Waals surface area contributed by atoms with Crippen LogP contribution < -0.4 is 0 Å². The summed E-state index contributed by atoms with van der Waals surface area (Å²) >= 11 is 0. The normalized spacial score (nSPS) is 23.9. The number of morpholine rings is 1. The Labute approximate surface area is 135 Å². The Hall–Kier alpha value is -1.48. The summed E-state index contributed by atoms with van der Waals surface area (Å²) in [4.78, 5) is 11.4. The topological polar surface area (TPSA) is 87.2 Å². The molecule has 7 nitrogen and oxygen atoms in total. The van der Waals surface area contributed by atoms with Crippen molar-refractivity contribution in [2.24, 2.45) is 0 Å². The van der Waals surface area contributed by atoms with Gasteiger partial charge < -0.3 is 9.84 Å². The molecule has 1 aromatic rings. The van der Waals surface area contributed by atoms with Crippen LogP contribution in [0.5, 0.6) is 0 Å². The minimum absolute atomic E-state index is 0.0851. The molecule has 2 heterocycles. The molecule has 2 saturated heterocycles. The number of carboxylic acid groups (broad SMARTS) is 1. The van der Waals surface area contributed by atoms with Gasteiger partial charge in [-0.05, 0) is 24.0 Å². The zero-order valence-corrected chi connectivity index (χ0v) is 13.5. The highest BCUT2D eigenvalue weighted by molar-refractivity contribution is 7.86. The summed E-state index contributed by atoms with van der Waals surface area (Å²) in [5, 5.41) is 9.30. The molecule has 2 fully saturated rings. The van der Waals surface area contributed by atoms with Gasteiger partial charge in [-0.2, -0.15) is 17.0 Å². The smallest absolute Gasteiger partial charge is 0.335 e. The third-order valence-electron chi connectivity index (χ3n) is 4.40. The Bertz CT molecular complexity index is 685. The maximum Gasteiger partial charge on any atom is 0.335 e. The van der Waals surface area contributed by atoms with Gasteiger partial charge in [-0.25, -0.2) is 4.79 Å². The number of aromatic carboxylic acids is 1. The van der Waals surface area contributed by atoms with Crippen molar-refractivity contribution >= 4 is 16.2 Å². The highest BCUT2D eigenvalue weighted by atomic mass is 32.2. The quantitative estimate of drug-likeness (QED) is 0.874. The van der Waals surface area contributed by atoms with E-state index < -0.39 is 16.2 Å². The standard InChI is InChI=1S/C15H20N2O5S/c18-15(19)14-4-2-1-3-13(14)12-5-6-17(11-12)23(20,21)16-7-9-22-10-8-16/h1-4,12H,5-11H2,(H,18,19). The largest absolute Gasteiger partial charge is 0.478 e. The molecule has 0 radical (unpaired) electrons. The molecular formula is C15H20N2O5S. The molecule has 2 aliphatic heterocycles. The molecule has 1 N–H and O–H groups in total. The van der Waals surface area contributed by atoms with Gasteiger partial charge in [-0.15, -0.1) is 0 Å². The minimum Gasteiger partial charge on any atom is -0.478 e. The van der Waals surface area contributed by atoms with Gasteiger partial charge in [0.15, 0.2) is 0 Å². The van der Waals surface area contributed by atoms with Crippen LogP contribution >= 0.6 is 0 Å². The van der Waals surface area contributed by atoms with Crippen LogP contribution in [0.4, 0.5) is 0 Å². The lowest BCUT2D eigenvalue weighted by atomic mass is 9.93. The molecule has 1 aromatic carbocycles. The van der Waals surface area contributed by atoms with Gasteiger partial charge in [0.05, 0.1) is 18.8 Å². The van der Waals surface area contributed by atoms with Crippen LogP contribution in [0.2, 0.25) is 0 Å². The number of nitrogens with zero attached hydrogens (tertiary/aromatic N) is 2. The molecule has 23 heavy (non-hydrogen) atoms. The second kappa shape index (κ2) is 6.56. The average molecular weight is 340 g/mol. The van der Waals surface area contributed by atoms with Gasteiger partial charge >= 0.3 is 5.97 Å². The summed E-state index contributed by atoms with van der Waals surface area (Å²) in [5.74, 6) is -1.06. The van der Waals surface area contributed by atoms with Gasteiger partial charge in [0, 0.05) is 26.2 Å². The first-order chi connectivity index (χ1) is 11.0. The van der Waals surface area contributed by atoms with E-state index in [1.165, 1.54) is 8.61 Å². The molecule has 0 bridgehead atoms. The van der Waals surface area contributed by atoms with Crippen molar-refractivity contribution in [2.45, 2.75) is 12.3 Å². The summed E-state index contributed by atoms with van der Waals surface area (Å²) in [6.45, 7) is 2.31. The van der Waals surface area contributed by atoms with Gasteiger partial charge in [-0.3, -0.25) is 0 Å². The number of hydrogen-bond acceptors (Lipinski definition) is 4. The summed E-state index contributed by atoms with van der Waals surface area (Å²) in [6, 6.07) is 6.82. The number of benzene rings is 1. The van der Waals surface area contributed by atoms with Crippen LogP contribution in [0.25, 0.3) is 0 Å². The first-order valence-electron chi connectivity index (χ1n) is 7.65. The lowest BCUT2D eigenvalue weighted by molar-refractivity contribution is 0.0694. The summed E-state index contributed by atoms with van der Waals surface area (Å²) in [5.41, 5.74) is 0.961. The van der Waals surface area contributed by atoms with E-state index in [0.29, 0.717) is 51.4 Å². The molecular weight excluding hydrogens is 320 g/mol. The predicted molar refractivity (Wildman–Crippen MR) is 83.6 cm³/mol. The molecule has 3 rings (SSSR count). The molecule has 0 spiro atoms. The fourth-order valence-electron chi connectivity index (χ4n) is 3.18. The van der Waals surface area contributed by atoms with E-state index in [0.717, 1.165) is 0 Å². The second-order valence-corrected chi connectivity index (χ2v) is 7.68. The molecule has 0 aliphatic carbocycles.